The monoisotopic (exact) mass is 369 g/mol. The van der Waals surface area contributed by atoms with Crippen molar-refractivity contribution in [3.63, 3.8) is 0 Å². The highest BCUT2D eigenvalue weighted by molar-refractivity contribution is 5.80. The second-order valence-corrected chi connectivity index (χ2v) is 6.53. The van der Waals surface area contributed by atoms with Crippen molar-refractivity contribution in [2.75, 3.05) is 0 Å². The first-order valence-corrected chi connectivity index (χ1v) is 8.52. The Morgan fingerprint density at radius 3 is 2.59 bits per heavy atom. The number of ketones is 1. The van der Waals surface area contributed by atoms with Crippen LogP contribution in [-0.4, -0.2) is 21.5 Å². The molecule has 0 saturated carbocycles. The smallest absolute Gasteiger partial charge is 0.267 e. The largest absolute Gasteiger partial charge is 0.297 e. The lowest BCUT2D eigenvalue weighted by Crippen LogP contribution is -2.28. The zero-order valence-electron chi connectivity index (χ0n) is 14.5. The fourth-order valence-electron chi connectivity index (χ4n) is 2.91. The molecule has 0 atom stereocenters. The second kappa shape index (κ2) is 7.62. The fourth-order valence-corrected chi connectivity index (χ4v) is 2.91. The lowest BCUT2D eigenvalue weighted by atomic mass is 9.94. The van der Waals surface area contributed by atoms with Crippen LogP contribution >= 0.6 is 0 Å². The fraction of sp³-hybridized carbons (Fsp3) is 0.300. The van der Waals surface area contributed by atoms with Crippen molar-refractivity contribution in [3.05, 3.63) is 69.6 Å². The molecule has 0 fully saturated rings. The zero-order valence-corrected chi connectivity index (χ0v) is 14.5. The highest BCUT2D eigenvalue weighted by Gasteiger charge is 2.31. The Kier molecular flexibility index (Phi) is 5.26. The summed E-state index contributed by atoms with van der Waals surface area (Å²) in [6.45, 7) is -0.198. The summed E-state index contributed by atoms with van der Waals surface area (Å²) in [5.74, 6) is -2.91. The Balaban J connectivity index is 1.73. The summed E-state index contributed by atoms with van der Waals surface area (Å²) in [5, 5.41) is 13.0. The van der Waals surface area contributed by atoms with Crippen LogP contribution in [0, 0.1) is 11.3 Å². The van der Waals surface area contributed by atoms with Crippen LogP contribution in [0.5, 0.6) is 0 Å². The molecule has 0 saturated heterocycles. The molecule has 0 radical (unpaired) electrons. The summed E-state index contributed by atoms with van der Waals surface area (Å²) in [5.41, 5.74) is 1.92. The van der Waals surface area contributed by atoms with E-state index in [0.29, 0.717) is 16.8 Å². The van der Waals surface area contributed by atoms with Crippen molar-refractivity contribution in [1.82, 2.24) is 9.78 Å². The number of hydrogen-bond acceptors (Lipinski definition) is 4. The van der Waals surface area contributed by atoms with Crippen molar-refractivity contribution in [2.45, 2.75) is 38.2 Å². The molecule has 1 aromatic heterocycles. The van der Waals surface area contributed by atoms with Gasteiger partial charge >= 0.3 is 0 Å². The van der Waals surface area contributed by atoms with Crippen molar-refractivity contribution in [2.24, 2.45) is 0 Å². The van der Waals surface area contributed by atoms with Gasteiger partial charge in [-0.15, -0.1) is 0 Å². The van der Waals surface area contributed by atoms with Crippen molar-refractivity contribution in [1.29, 1.82) is 5.26 Å². The Labute approximate surface area is 154 Å². The average molecular weight is 369 g/mol. The quantitative estimate of drug-likeness (QED) is 0.811. The Hall–Kier alpha value is -3.14. The molecule has 138 valence electrons. The maximum absolute atomic E-state index is 13.3. The minimum Gasteiger partial charge on any atom is -0.297 e. The van der Waals surface area contributed by atoms with Crippen molar-refractivity contribution < 1.29 is 13.6 Å². The Morgan fingerprint density at radius 2 is 1.96 bits per heavy atom. The van der Waals surface area contributed by atoms with Crippen molar-refractivity contribution >= 4 is 11.4 Å². The summed E-state index contributed by atoms with van der Waals surface area (Å²) >= 11 is 0. The first-order valence-electron chi connectivity index (χ1n) is 8.52. The number of nitrogens with zero attached hydrogens (tertiary/aromatic N) is 3. The van der Waals surface area contributed by atoms with E-state index in [1.807, 2.05) is 6.07 Å². The molecule has 0 amide bonds. The van der Waals surface area contributed by atoms with E-state index in [4.69, 9.17) is 5.26 Å². The molecule has 5 nitrogen and oxygen atoms in total. The van der Waals surface area contributed by atoms with E-state index >= 15 is 0 Å². The summed E-state index contributed by atoms with van der Waals surface area (Å²) in [4.78, 5) is 24.3. The molecule has 0 bridgehead atoms. The third kappa shape index (κ3) is 4.73. The summed E-state index contributed by atoms with van der Waals surface area (Å²) in [7, 11) is 0. The number of hydrogen-bond donors (Lipinski definition) is 0. The maximum atomic E-state index is 13.3. The first-order chi connectivity index (χ1) is 12.9. The molecule has 1 aromatic carbocycles. The molecule has 1 aliphatic carbocycles. The van der Waals surface area contributed by atoms with Crippen LogP contribution in [-0.2, 0) is 17.8 Å². The Bertz CT molecular complexity index is 986. The highest BCUT2D eigenvalue weighted by atomic mass is 19.3. The van der Waals surface area contributed by atoms with Gasteiger partial charge in [0.25, 0.3) is 11.5 Å². The van der Waals surface area contributed by atoms with E-state index in [-0.39, 0.29) is 38.0 Å². The minimum atomic E-state index is -2.70. The number of halogens is 2. The van der Waals surface area contributed by atoms with Crippen LogP contribution in [0.3, 0.4) is 0 Å². The van der Waals surface area contributed by atoms with Gasteiger partial charge in [-0.25, -0.2) is 13.5 Å². The van der Waals surface area contributed by atoms with E-state index in [9.17, 15) is 18.4 Å². The third-order valence-electron chi connectivity index (χ3n) is 4.41. The third-order valence-corrected chi connectivity index (χ3v) is 4.41. The molecule has 1 aliphatic rings. The Morgan fingerprint density at radius 1 is 1.22 bits per heavy atom. The summed E-state index contributed by atoms with van der Waals surface area (Å²) in [6.07, 6.45) is 1.13. The van der Waals surface area contributed by atoms with Crippen LogP contribution in [0.4, 0.5) is 8.78 Å². The van der Waals surface area contributed by atoms with Crippen LogP contribution < -0.4 is 5.56 Å². The van der Waals surface area contributed by atoms with Gasteiger partial charge in [0.1, 0.15) is 6.54 Å². The number of carbonyl (C=O) groups excluding carboxylic acids is 1. The van der Waals surface area contributed by atoms with Gasteiger partial charge in [-0.05, 0) is 35.8 Å². The van der Waals surface area contributed by atoms with Gasteiger partial charge < -0.3 is 0 Å². The van der Waals surface area contributed by atoms with Gasteiger partial charge in [0.05, 0.1) is 17.3 Å². The van der Waals surface area contributed by atoms with E-state index in [2.05, 4.69) is 5.10 Å². The average Bonchev–Trinajstić information content (AvgIpc) is 2.64. The molecule has 7 heteroatoms. The lowest BCUT2D eigenvalue weighted by Gasteiger charge is -2.21. The highest BCUT2D eigenvalue weighted by Crippen LogP contribution is 2.35. The predicted molar refractivity (Wildman–Crippen MR) is 95.1 cm³/mol. The van der Waals surface area contributed by atoms with Gasteiger partial charge in [-0.2, -0.15) is 10.4 Å². The van der Waals surface area contributed by atoms with Gasteiger partial charge in [-0.3, -0.25) is 9.59 Å². The number of nitriles is 1. The number of carbonyl (C=O) groups is 1. The standard InChI is InChI=1S/C20H17F2N3O2/c21-20(22)9-7-16(8-10-20)18-5-6-19(27)25(24-18)13-17(26)11-14-1-3-15(12-23)4-2-14/h1-7H,8-11,13H2. The van der Waals surface area contributed by atoms with Crippen LogP contribution in [0.15, 0.2) is 47.3 Å². The molecule has 0 unspecified atom stereocenters. The summed E-state index contributed by atoms with van der Waals surface area (Å²) in [6, 6.07) is 11.4. The number of aromatic nitrogens is 2. The zero-order chi connectivity index (χ0) is 19.4. The molecule has 2 aromatic rings. The van der Waals surface area contributed by atoms with Gasteiger partial charge in [-0.1, -0.05) is 18.2 Å². The van der Waals surface area contributed by atoms with Crippen LogP contribution in [0.2, 0.25) is 0 Å². The van der Waals surface area contributed by atoms with E-state index < -0.39 is 11.5 Å². The summed E-state index contributed by atoms with van der Waals surface area (Å²) < 4.78 is 27.6. The number of allylic oxidation sites excluding steroid dienone is 2. The molecular weight excluding hydrogens is 352 g/mol. The van der Waals surface area contributed by atoms with E-state index in [1.165, 1.54) is 18.2 Å². The normalized spacial score (nSPS) is 15.7. The number of Topliss-reactive ketones (excluding diaryl/α,β-unsaturated/α-hetero) is 1. The first kappa shape index (κ1) is 18.6. The molecule has 0 spiro atoms. The molecule has 27 heavy (non-hydrogen) atoms. The molecular formula is C20H17F2N3O2. The maximum Gasteiger partial charge on any atom is 0.267 e. The van der Waals surface area contributed by atoms with Crippen LogP contribution in [0.1, 0.15) is 36.1 Å². The molecule has 0 N–H and O–H groups in total. The van der Waals surface area contributed by atoms with Crippen molar-refractivity contribution in [3.8, 4) is 6.07 Å². The lowest BCUT2D eigenvalue weighted by molar-refractivity contribution is -0.119. The number of benzene rings is 1. The molecule has 0 aliphatic heterocycles. The van der Waals surface area contributed by atoms with Gasteiger partial charge in [0.15, 0.2) is 5.78 Å². The molecule has 1 heterocycles. The minimum absolute atomic E-state index is 0.110. The van der Waals surface area contributed by atoms with Gasteiger partial charge in [0.2, 0.25) is 0 Å². The van der Waals surface area contributed by atoms with E-state index in [1.54, 1.807) is 24.3 Å². The number of alkyl halides is 2. The van der Waals surface area contributed by atoms with Crippen LogP contribution in [0.25, 0.3) is 5.57 Å². The van der Waals surface area contributed by atoms with Gasteiger partial charge in [0, 0.05) is 25.3 Å². The predicted octanol–water partition coefficient (Wildman–Crippen LogP) is 3.13. The SMILES string of the molecule is N#Cc1ccc(CC(=O)Cn2nc(C3=CCC(F)(F)CC3)ccc2=O)cc1. The second-order valence-electron chi connectivity index (χ2n) is 6.53. The van der Waals surface area contributed by atoms with E-state index in [0.717, 1.165) is 10.2 Å². The topological polar surface area (TPSA) is 75.8 Å². The number of rotatable bonds is 5. The molecule has 3 rings (SSSR count).